The average Bonchev–Trinajstić information content (AvgIpc) is 2.63. The minimum atomic E-state index is -0.916. The Balaban J connectivity index is 2.14. The summed E-state index contributed by atoms with van der Waals surface area (Å²) in [7, 11) is 0. The highest BCUT2D eigenvalue weighted by Crippen LogP contribution is 2.35. The van der Waals surface area contributed by atoms with E-state index in [-0.39, 0.29) is 5.56 Å². The van der Waals surface area contributed by atoms with Crippen LogP contribution in [-0.2, 0) is 0 Å². The van der Waals surface area contributed by atoms with Crippen LogP contribution in [0.15, 0.2) is 12.3 Å². The lowest BCUT2D eigenvalue weighted by atomic mass is 9.77. The molecule has 0 bridgehead atoms. The first-order valence-electron chi connectivity index (χ1n) is 7.74. The number of hydrogen-bond donors (Lipinski definition) is 1. The van der Waals surface area contributed by atoms with Gasteiger partial charge in [-0.2, -0.15) is 0 Å². The number of carboxylic acid groups (broad SMARTS) is 1. The predicted octanol–water partition coefficient (Wildman–Crippen LogP) is 3.74. The Kier molecular flexibility index (Phi) is 4.55. The van der Waals surface area contributed by atoms with E-state index >= 15 is 0 Å². The number of carbonyl (C=O) groups is 1. The van der Waals surface area contributed by atoms with Gasteiger partial charge in [-0.05, 0) is 49.1 Å². The fourth-order valence-corrected chi connectivity index (χ4v) is 3.19. The molecule has 1 aliphatic rings. The molecule has 1 fully saturated rings. The molecule has 0 saturated carbocycles. The van der Waals surface area contributed by atoms with Gasteiger partial charge < -0.3 is 10.0 Å². The molecule has 2 heterocycles. The summed E-state index contributed by atoms with van der Waals surface area (Å²) in [5, 5.41) is 9.03. The Labute approximate surface area is 127 Å². The van der Waals surface area contributed by atoms with Gasteiger partial charge in [0.05, 0.1) is 5.56 Å². The Morgan fingerprint density at radius 2 is 2.05 bits per heavy atom. The van der Waals surface area contributed by atoms with Crippen LogP contribution in [0.2, 0.25) is 0 Å². The van der Waals surface area contributed by atoms with Gasteiger partial charge in [0.15, 0.2) is 0 Å². The van der Waals surface area contributed by atoms with Crippen molar-refractivity contribution < 1.29 is 9.90 Å². The number of nitrogens with zero attached hydrogens (tertiary/aromatic N) is 2. The van der Waals surface area contributed by atoms with Gasteiger partial charge in [-0.25, -0.2) is 9.78 Å². The molecule has 21 heavy (non-hydrogen) atoms. The van der Waals surface area contributed by atoms with Crippen LogP contribution in [0.1, 0.15) is 56.0 Å². The van der Waals surface area contributed by atoms with Crippen molar-refractivity contribution in [2.75, 3.05) is 18.0 Å². The van der Waals surface area contributed by atoms with Crippen molar-refractivity contribution in [1.82, 2.24) is 4.98 Å². The van der Waals surface area contributed by atoms with Crippen LogP contribution in [0, 0.1) is 18.3 Å². The SMILES string of the molecule is Cc1cc(C(=O)O)cnc1N1CCCC(C(C)(C)C)CC1. The van der Waals surface area contributed by atoms with Crippen LogP contribution < -0.4 is 4.90 Å². The van der Waals surface area contributed by atoms with E-state index in [0.29, 0.717) is 5.41 Å². The van der Waals surface area contributed by atoms with Crippen LogP contribution in [0.25, 0.3) is 0 Å². The summed E-state index contributed by atoms with van der Waals surface area (Å²) in [6, 6.07) is 1.72. The van der Waals surface area contributed by atoms with Gasteiger partial charge in [-0.3, -0.25) is 0 Å². The van der Waals surface area contributed by atoms with E-state index in [1.807, 2.05) is 6.92 Å². The minimum Gasteiger partial charge on any atom is -0.478 e. The summed E-state index contributed by atoms with van der Waals surface area (Å²) in [6.07, 6.45) is 5.07. The van der Waals surface area contributed by atoms with E-state index in [1.54, 1.807) is 6.07 Å². The molecule has 4 nitrogen and oxygen atoms in total. The second-order valence-corrected chi connectivity index (χ2v) is 7.15. The third-order valence-electron chi connectivity index (χ3n) is 4.55. The van der Waals surface area contributed by atoms with Crippen LogP contribution in [0.3, 0.4) is 0 Å². The number of carboxylic acids is 1. The predicted molar refractivity (Wildman–Crippen MR) is 84.9 cm³/mol. The molecular weight excluding hydrogens is 264 g/mol. The van der Waals surface area contributed by atoms with Crippen molar-refractivity contribution in [3.63, 3.8) is 0 Å². The molecule has 0 radical (unpaired) electrons. The van der Waals surface area contributed by atoms with Crippen molar-refractivity contribution in [2.45, 2.75) is 47.0 Å². The molecule has 0 aromatic carbocycles. The maximum atomic E-state index is 11.0. The average molecular weight is 290 g/mol. The first-order chi connectivity index (χ1) is 9.79. The van der Waals surface area contributed by atoms with Crippen LogP contribution in [0.5, 0.6) is 0 Å². The van der Waals surface area contributed by atoms with Gasteiger partial charge in [-0.15, -0.1) is 0 Å². The molecule has 0 aliphatic carbocycles. The monoisotopic (exact) mass is 290 g/mol. The maximum Gasteiger partial charge on any atom is 0.337 e. The largest absolute Gasteiger partial charge is 0.478 e. The summed E-state index contributed by atoms with van der Waals surface area (Å²) in [4.78, 5) is 17.7. The second kappa shape index (κ2) is 6.04. The lowest BCUT2D eigenvalue weighted by Crippen LogP contribution is -2.27. The molecule has 1 atom stereocenters. The Bertz CT molecular complexity index is 520. The molecule has 4 heteroatoms. The lowest BCUT2D eigenvalue weighted by Gasteiger charge is -2.30. The van der Waals surface area contributed by atoms with Gasteiger partial charge >= 0.3 is 5.97 Å². The summed E-state index contributed by atoms with van der Waals surface area (Å²) < 4.78 is 0. The highest BCUT2D eigenvalue weighted by atomic mass is 16.4. The molecule has 1 aromatic heterocycles. The number of hydrogen-bond acceptors (Lipinski definition) is 3. The van der Waals surface area contributed by atoms with Gasteiger partial charge in [-0.1, -0.05) is 20.8 Å². The zero-order valence-corrected chi connectivity index (χ0v) is 13.5. The zero-order valence-electron chi connectivity index (χ0n) is 13.5. The van der Waals surface area contributed by atoms with Gasteiger partial charge in [0.1, 0.15) is 5.82 Å². The second-order valence-electron chi connectivity index (χ2n) is 7.15. The van der Waals surface area contributed by atoms with E-state index < -0.39 is 5.97 Å². The lowest BCUT2D eigenvalue weighted by molar-refractivity contribution is 0.0696. The van der Waals surface area contributed by atoms with Crippen molar-refractivity contribution >= 4 is 11.8 Å². The molecule has 0 spiro atoms. The fourth-order valence-electron chi connectivity index (χ4n) is 3.19. The summed E-state index contributed by atoms with van der Waals surface area (Å²) in [6.45, 7) is 10.9. The molecule has 1 aliphatic heterocycles. The molecule has 1 unspecified atom stereocenters. The third-order valence-corrected chi connectivity index (χ3v) is 4.55. The Hall–Kier alpha value is -1.58. The number of aromatic nitrogens is 1. The number of rotatable bonds is 2. The van der Waals surface area contributed by atoms with E-state index in [0.717, 1.165) is 30.4 Å². The summed E-state index contributed by atoms with van der Waals surface area (Å²) in [5.74, 6) is 0.761. The quantitative estimate of drug-likeness (QED) is 0.901. The third kappa shape index (κ3) is 3.74. The maximum absolute atomic E-state index is 11.0. The van der Waals surface area contributed by atoms with Crippen molar-refractivity contribution in [2.24, 2.45) is 11.3 Å². The first kappa shape index (κ1) is 15.8. The smallest absolute Gasteiger partial charge is 0.337 e. The normalized spacial score (nSPS) is 20.2. The highest BCUT2D eigenvalue weighted by Gasteiger charge is 2.27. The molecule has 1 N–H and O–H groups in total. The molecule has 0 amide bonds. The topological polar surface area (TPSA) is 53.4 Å². The van der Waals surface area contributed by atoms with Crippen LogP contribution in [-0.4, -0.2) is 29.1 Å². The Morgan fingerprint density at radius 3 is 2.62 bits per heavy atom. The van der Waals surface area contributed by atoms with Crippen molar-refractivity contribution in [3.05, 3.63) is 23.4 Å². The Morgan fingerprint density at radius 1 is 1.33 bits per heavy atom. The van der Waals surface area contributed by atoms with E-state index in [2.05, 4.69) is 30.7 Å². The number of aryl methyl sites for hydroxylation is 1. The van der Waals surface area contributed by atoms with E-state index in [4.69, 9.17) is 5.11 Å². The fraction of sp³-hybridized carbons (Fsp3) is 0.647. The minimum absolute atomic E-state index is 0.263. The number of pyridine rings is 1. The van der Waals surface area contributed by atoms with E-state index in [9.17, 15) is 4.79 Å². The zero-order chi connectivity index (χ0) is 15.6. The van der Waals surface area contributed by atoms with Gasteiger partial charge in [0.25, 0.3) is 0 Å². The van der Waals surface area contributed by atoms with Gasteiger partial charge in [0, 0.05) is 19.3 Å². The standard InChI is InChI=1S/C17H26N2O2/c1-12-10-13(16(20)21)11-18-15(12)19-8-5-6-14(7-9-19)17(2,3)4/h10-11,14H,5-9H2,1-4H3,(H,20,21). The van der Waals surface area contributed by atoms with Crippen molar-refractivity contribution in [3.8, 4) is 0 Å². The molecule has 2 rings (SSSR count). The van der Waals surface area contributed by atoms with Crippen LogP contribution in [0.4, 0.5) is 5.82 Å². The molecule has 1 aromatic rings. The number of anilines is 1. The molecule has 116 valence electrons. The summed E-state index contributed by atoms with van der Waals surface area (Å²) >= 11 is 0. The van der Waals surface area contributed by atoms with Crippen molar-refractivity contribution in [1.29, 1.82) is 0 Å². The number of aromatic carboxylic acids is 1. The molecular formula is C17H26N2O2. The van der Waals surface area contributed by atoms with E-state index in [1.165, 1.54) is 25.5 Å². The highest BCUT2D eigenvalue weighted by molar-refractivity contribution is 5.87. The summed E-state index contributed by atoms with van der Waals surface area (Å²) in [5.41, 5.74) is 1.56. The van der Waals surface area contributed by atoms with Crippen LogP contribution >= 0.6 is 0 Å². The molecule has 1 saturated heterocycles. The van der Waals surface area contributed by atoms with Gasteiger partial charge in [0.2, 0.25) is 0 Å². The first-order valence-corrected chi connectivity index (χ1v) is 7.74.